The molecule has 0 amide bonds. The summed E-state index contributed by atoms with van der Waals surface area (Å²) in [5.74, 6) is -0.802. The van der Waals surface area contributed by atoms with Gasteiger partial charge in [0.1, 0.15) is 31.0 Å². The molecule has 0 bridgehead atoms. The molecule has 1 rings (SSSR count). The van der Waals surface area contributed by atoms with Crippen LogP contribution in [-0.2, 0) is 28.5 Å². The van der Waals surface area contributed by atoms with Gasteiger partial charge < -0.3 is 39.4 Å². The molecule has 10 heteroatoms. The maximum absolute atomic E-state index is 12.8. The average molecular weight is 867 g/mol. The molecule has 1 aliphatic heterocycles. The smallest absolute Gasteiger partial charge is 0.306 e. The fourth-order valence-electron chi connectivity index (χ4n) is 7.77. The third-order valence-corrected chi connectivity index (χ3v) is 11.8. The first kappa shape index (κ1) is 57.2. The lowest BCUT2D eigenvalue weighted by molar-refractivity contribution is -0.305. The van der Waals surface area contributed by atoms with Crippen LogP contribution in [0.3, 0.4) is 0 Å². The van der Waals surface area contributed by atoms with Crippen molar-refractivity contribution in [3.8, 4) is 0 Å². The summed E-state index contributed by atoms with van der Waals surface area (Å²) in [4.78, 5) is 25.4. The van der Waals surface area contributed by atoms with Gasteiger partial charge in [-0.25, -0.2) is 0 Å². The Hall–Kier alpha value is -1.82. The fraction of sp³-hybridized carbons (Fsp3) is 0.882. The van der Waals surface area contributed by atoms with Crippen molar-refractivity contribution < 1.29 is 49.0 Å². The fourth-order valence-corrected chi connectivity index (χ4v) is 7.77. The second-order valence-corrected chi connectivity index (χ2v) is 17.6. The van der Waals surface area contributed by atoms with Gasteiger partial charge in [0.15, 0.2) is 12.4 Å². The molecule has 1 heterocycles. The van der Waals surface area contributed by atoms with Gasteiger partial charge >= 0.3 is 11.9 Å². The molecule has 0 saturated carbocycles. The molecule has 4 N–H and O–H groups in total. The molecule has 61 heavy (non-hydrogen) atoms. The standard InChI is InChI=1S/C51H94O10/c1-3-5-7-9-11-13-15-17-19-21-22-24-26-28-30-32-34-36-38-40-47(54)60-44(43-59-51-50(57)49(56)48(55)45(41-52)61-51)42-58-46(53)39-37-35-33-31-29-27-25-23-20-18-16-14-12-10-8-6-4-2/h14,16-17,19,44-45,48-52,55-57H,3-13,15,18,20-43H2,1-2H3/b16-14+,19-17+/t44-,45-,48+,49?,50?,51-/m1/s1. The molecule has 0 aliphatic carbocycles. The normalized spacial score (nSPS) is 19.9. The Morgan fingerprint density at radius 2 is 0.869 bits per heavy atom. The van der Waals surface area contributed by atoms with Crippen LogP contribution < -0.4 is 0 Å². The zero-order chi connectivity index (χ0) is 44.4. The van der Waals surface area contributed by atoms with Crippen LogP contribution in [-0.4, -0.2) is 89.0 Å². The molecule has 1 fully saturated rings. The molecule has 1 saturated heterocycles. The third-order valence-electron chi connectivity index (χ3n) is 11.8. The molecular weight excluding hydrogens is 773 g/mol. The summed E-state index contributed by atoms with van der Waals surface area (Å²) in [6.07, 6.45) is 40.3. The number of hydrogen-bond acceptors (Lipinski definition) is 10. The lowest BCUT2D eigenvalue weighted by Gasteiger charge is -2.39. The van der Waals surface area contributed by atoms with E-state index in [-0.39, 0.29) is 32.0 Å². The summed E-state index contributed by atoms with van der Waals surface area (Å²) in [7, 11) is 0. The highest BCUT2D eigenvalue weighted by Gasteiger charge is 2.44. The first-order chi connectivity index (χ1) is 29.8. The van der Waals surface area contributed by atoms with Gasteiger partial charge in [0.05, 0.1) is 13.2 Å². The Balaban J connectivity index is 2.26. The number of rotatable bonds is 43. The van der Waals surface area contributed by atoms with E-state index < -0.39 is 49.4 Å². The van der Waals surface area contributed by atoms with Crippen LogP contribution in [0, 0.1) is 0 Å². The summed E-state index contributed by atoms with van der Waals surface area (Å²) in [5, 5.41) is 40.2. The van der Waals surface area contributed by atoms with Gasteiger partial charge in [-0.1, -0.05) is 179 Å². The highest BCUT2D eigenvalue weighted by Crippen LogP contribution is 2.23. The van der Waals surface area contributed by atoms with Crippen LogP contribution in [0.25, 0.3) is 0 Å². The quantitative estimate of drug-likeness (QED) is 0.0265. The largest absolute Gasteiger partial charge is 0.462 e. The van der Waals surface area contributed by atoms with Crippen molar-refractivity contribution >= 4 is 11.9 Å². The second-order valence-electron chi connectivity index (χ2n) is 17.6. The van der Waals surface area contributed by atoms with Crippen molar-refractivity contribution in [2.75, 3.05) is 19.8 Å². The van der Waals surface area contributed by atoms with Gasteiger partial charge in [-0.3, -0.25) is 9.59 Å². The molecule has 2 unspecified atom stereocenters. The number of carbonyl (C=O) groups excluding carboxylic acids is 2. The Bertz CT molecular complexity index is 1050. The predicted molar refractivity (Wildman–Crippen MR) is 247 cm³/mol. The highest BCUT2D eigenvalue weighted by molar-refractivity contribution is 5.70. The highest BCUT2D eigenvalue weighted by atomic mass is 16.7. The Labute approximate surface area is 373 Å². The lowest BCUT2D eigenvalue weighted by Crippen LogP contribution is -2.59. The van der Waals surface area contributed by atoms with Crippen LogP contribution in [0.5, 0.6) is 0 Å². The van der Waals surface area contributed by atoms with Crippen LogP contribution in [0.1, 0.15) is 232 Å². The summed E-state index contributed by atoms with van der Waals surface area (Å²) in [5.41, 5.74) is 0. The predicted octanol–water partition coefficient (Wildman–Crippen LogP) is 11.7. The lowest BCUT2D eigenvalue weighted by atomic mass is 9.99. The van der Waals surface area contributed by atoms with E-state index in [1.807, 2.05) is 0 Å². The third kappa shape index (κ3) is 33.4. The van der Waals surface area contributed by atoms with Gasteiger partial charge in [0, 0.05) is 12.8 Å². The first-order valence-electron chi connectivity index (χ1n) is 25.4. The average Bonchev–Trinajstić information content (AvgIpc) is 3.26. The van der Waals surface area contributed by atoms with Gasteiger partial charge in [0.25, 0.3) is 0 Å². The Morgan fingerprint density at radius 1 is 0.492 bits per heavy atom. The van der Waals surface area contributed by atoms with Crippen molar-refractivity contribution in [2.24, 2.45) is 0 Å². The molecule has 0 spiro atoms. The summed E-state index contributed by atoms with van der Waals surface area (Å²) < 4.78 is 22.2. The van der Waals surface area contributed by atoms with E-state index in [2.05, 4.69) is 38.2 Å². The molecular formula is C51H94O10. The van der Waals surface area contributed by atoms with Crippen molar-refractivity contribution in [3.05, 3.63) is 24.3 Å². The molecule has 0 aromatic rings. The van der Waals surface area contributed by atoms with Crippen molar-refractivity contribution in [3.63, 3.8) is 0 Å². The van der Waals surface area contributed by atoms with Crippen molar-refractivity contribution in [1.82, 2.24) is 0 Å². The van der Waals surface area contributed by atoms with Crippen LogP contribution >= 0.6 is 0 Å². The molecule has 1 aliphatic rings. The maximum atomic E-state index is 12.8. The van der Waals surface area contributed by atoms with Gasteiger partial charge in [0.2, 0.25) is 0 Å². The molecule has 358 valence electrons. The Morgan fingerprint density at radius 3 is 1.30 bits per heavy atom. The number of aliphatic hydroxyl groups is 4. The molecule has 0 aromatic carbocycles. The van der Waals surface area contributed by atoms with E-state index in [0.29, 0.717) is 6.42 Å². The van der Waals surface area contributed by atoms with Crippen molar-refractivity contribution in [2.45, 2.75) is 269 Å². The monoisotopic (exact) mass is 867 g/mol. The van der Waals surface area contributed by atoms with E-state index in [9.17, 15) is 30.0 Å². The van der Waals surface area contributed by atoms with E-state index in [0.717, 1.165) is 44.9 Å². The Kier molecular flexibility index (Phi) is 39.5. The van der Waals surface area contributed by atoms with E-state index in [4.69, 9.17) is 18.9 Å². The maximum Gasteiger partial charge on any atom is 0.306 e. The minimum absolute atomic E-state index is 0.216. The number of ether oxygens (including phenoxy) is 4. The summed E-state index contributed by atoms with van der Waals surface area (Å²) in [6.45, 7) is 3.43. The van der Waals surface area contributed by atoms with E-state index >= 15 is 0 Å². The number of carbonyl (C=O) groups is 2. The van der Waals surface area contributed by atoms with Crippen molar-refractivity contribution in [1.29, 1.82) is 0 Å². The number of unbranched alkanes of at least 4 members (excludes halogenated alkanes) is 28. The summed E-state index contributed by atoms with van der Waals surface area (Å²) >= 11 is 0. The zero-order valence-electron chi connectivity index (χ0n) is 39.2. The molecule has 6 atom stereocenters. The molecule has 0 aromatic heterocycles. The summed E-state index contributed by atoms with van der Waals surface area (Å²) in [6, 6.07) is 0. The van der Waals surface area contributed by atoms with Gasteiger partial charge in [-0.05, 0) is 64.2 Å². The van der Waals surface area contributed by atoms with Gasteiger partial charge in [-0.15, -0.1) is 0 Å². The minimum atomic E-state index is -1.59. The number of allylic oxidation sites excluding steroid dienone is 4. The number of esters is 2. The van der Waals surface area contributed by atoms with E-state index in [1.54, 1.807) is 0 Å². The molecule has 0 radical (unpaired) electrons. The van der Waals surface area contributed by atoms with E-state index in [1.165, 1.54) is 154 Å². The van der Waals surface area contributed by atoms with Crippen LogP contribution in [0.15, 0.2) is 24.3 Å². The number of hydrogen-bond donors (Lipinski definition) is 4. The molecule has 10 nitrogen and oxygen atoms in total. The zero-order valence-corrected chi connectivity index (χ0v) is 39.2. The number of aliphatic hydroxyl groups excluding tert-OH is 4. The SMILES string of the molecule is CCCCCC/C=C/CCCCCCCCCCCC(=O)OC[C@H](CO[C@@H]1O[C@H](CO)[C@H](O)C(O)C1O)OC(=O)CCCCCCCCCCC/C=C/CCCCCCCC. The topological polar surface area (TPSA) is 152 Å². The van der Waals surface area contributed by atoms with Crippen LogP contribution in [0.2, 0.25) is 0 Å². The second kappa shape index (κ2) is 42.1. The first-order valence-corrected chi connectivity index (χ1v) is 25.4. The minimum Gasteiger partial charge on any atom is -0.462 e. The van der Waals surface area contributed by atoms with Crippen LogP contribution in [0.4, 0.5) is 0 Å². The van der Waals surface area contributed by atoms with Gasteiger partial charge in [-0.2, -0.15) is 0 Å².